The number of hydrogen-bond donors (Lipinski definition) is 2. The van der Waals surface area contributed by atoms with Crippen molar-refractivity contribution in [2.24, 2.45) is 0 Å². The van der Waals surface area contributed by atoms with Crippen LogP contribution in [0.15, 0.2) is 24.4 Å². The Balaban J connectivity index is 2.01. The smallest absolute Gasteiger partial charge is 0.125 e. The Bertz CT molecular complexity index is 568. The normalized spacial score (nSPS) is 12.3. The average Bonchev–Trinajstić information content (AvgIpc) is 2.94. The van der Waals surface area contributed by atoms with E-state index in [-0.39, 0.29) is 6.04 Å². The highest BCUT2D eigenvalue weighted by Crippen LogP contribution is 2.24. The molecule has 1 atom stereocenters. The number of nitrogen functional groups attached to an aromatic ring is 1. The summed E-state index contributed by atoms with van der Waals surface area (Å²) in [6.07, 6.45) is 3.00. The Morgan fingerprint density at radius 3 is 2.90 bits per heavy atom. The number of rotatable bonds is 6. The zero-order chi connectivity index (χ0) is 14.5. The van der Waals surface area contributed by atoms with Crippen molar-refractivity contribution < 1.29 is 4.74 Å². The molecule has 0 fully saturated rings. The third kappa shape index (κ3) is 3.49. The van der Waals surface area contributed by atoms with Crippen molar-refractivity contribution in [3.05, 3.63) is 39.8 Å². The predicted molar refractivity (Wildman–Crippen MR) is 84.2 cm³/mol. The summed E-state index contributed by atoms with van der Waals surface area (Å²) >= 11 is 1.76. The SMILES string of the molecule is CCc1cnc(C(C)NCc2ccc(N)cc2OC)s1. The highest BCUT2D eigenvalue weighted by molar-refractivity contribution is 7.11. The maximum absolute atomic E-state index is 5.76. The standard InChI is InChI=1S/C15H21N3OS/c1-4-13-9-18-15(20-13)10(2)17-8-11-5-6-12(16)7-14(11)19-3/h5-7,9-10,17H,4,8,16H2,1-3H3. The number of nitrogens with zero attached hydrogens (tertiary/aromatic N) is 1. The van der Waals surface area contributed by atoms with E-state index < -0.39 is 0 Å². The van der Waals surface area contributed by atoms with Crippen LogP contribution in [0, 0.1) is 0 Å². The number of nitrogens with one attached hydrogen (secondary N) is 1. The molecule has 1 aromatic heterocycles. The molecule has 0 spiro atoms. The largest absolute Gasteiger partial charge is 0.496 e. The second kappa shape index (κ2) is 6.72. The molecule has 1 aromatic carbocycles. The van der Waals surface area contributed by atoms with E-state index in [1.807, 2.05) is 24.4 Å². The fourth-order valence-electron chi connectivity index (χ4n) is 1.94. The van der Waals surface area contributed by atoms with E-state index in [9.17, 15) is 0 Å². The molecule has 0 bridgehead atoms. The Labute approximate surface area is 124 Å². The zero-order valence-electron chi connectivity index (χ0n) is 12.1. The van der Waals surface area contributed by atoms with E-state index in [1.165, 1.54) is 4.88 Å². The molecule has 2 rings (SSSR count). The summed E-state index contributed by atoms with van der Waals surface area (Å²) < 4.78 is 5.35. The summed E-state index contributed by atoms with van der Waals surface area (Å²) in [4.78, 5) is 5.78. The fourth-order valence-corrected chi connectivity index (χ4v) is 2.83. The van der Waals surface area contributed by atoms with Gasteiger partial charge in [0.05, 0.1) is 13.2 Å². The number of nitrogens with two attached hydrogens (primary N) is 1. The number of hydrogen-bond acceptors (Lipinski definition) is 5. The van der Waals surface area contributed by atoms with Gasteiger partial charge >= 0.3 is 0 Å². The zero-order valence-corrected chi connectivity index (χ0v) is 13.0. The lowest BCUT2D eigenvalue weighted by Crippen LogP contribution is -2.18. The van der Waals surface area contributed by atoms with Crippen LogP contribution in [0.1, 0.15) is 35.3 Å². The van der Waals surface area contributed by atoms with Crippen molar-refractivity contribution in [2.45, 2.75) is 32.9 Å². The van der Waals surface area contributed by atoms with Gasteiger partial charge in [0.2, 0.25) is 0 Å². The van der Waals surface area contributed by atoms with Gasteiger partial charge in [-0.3, -0.25) is 0 Å². The van der Waals surface area contributed by atoms with E-state index in [2.05, 4.69) is 24.1 Å². The molecule has 4 nitrogen and oxygen atoms in total. The van der Waals surface area contributed by atoms with Crippen LogP contribution in [0.5, 0.6) is 5.75 Å². The average molecular weight is 291 g/mol. The van der Waals surface area contributed by atoms with E-state index >= 15 is 0 Å². The Morgan fingerprint density at radius 1 is 1.45 bits per heavy atom. The van der Waals surface area contributed by atoms with Crippen molar-refractivity contribution >= 4 is 17.0 Å². The Hall–Kier alpha value is -1.59. The maximum atomic E-state index is 5.76. The molecular formula is C15H21N3OS. The van der Waals surface area contributed by atoms with Crippen molar-refractivity contribution in [1.29, 1.82) is 0 Å². The second-order valence-electron chi connectivity index (χ2n) is 4.69. The monoisotopic (exact) mass is 291 g/mol. The summed E-state index contributed by atoms with van der Waals surface area (Å²) in [5.74, 6) is 0.818. The van der Waals surface area contributed by atoms with Crippen molar-refractivity contribution in [3.63, 3.8) is 0 Å². The van der Waals surface area contributed by atoms with Gasteiger partial charge in [-0.05, 0) is 19.4 Å². The van der Waals surface area contributed by atoms with Gasteiger partial charge in [-0.2, -0.15) is 0 Å². The molecule has 0 saturated carbocycles. The van der Waals surface area contributed by atoms with E-state index in [4.69, 9.17) is 10.5 Å². The first-order chi connectivity index (χ1) is 9.63. The predicted octanol–water partition coefficient (Wildman–Crippen LogP) is 3.15. The van der Waals surface area contributed by atoms with Gasteiger partial charge in [0.15, 0.2) is 0 Å². The van der Waals surface area contributed by atoms with Crippen molar-refractivity contribution in [3.8, 4) is 5.75 Å². The molecule has 0 saturated heterocycles. The van der Waals surface area contributed by atoms with Crippen LogP contribution in [0.2, 0.25) is 0 Å². The lowest BCUT2D eigenvalue weighted by molar-refractivity contribution is 0.406. The molecule has 0 aliphatic rings. The molecule has 0 amide bonds. The molecule has 5 heteroatoms. The van der Waals surface area contributed by atoms with E-state index in [0.717, 1.165) is 29.3 Å². The maximum Gasteiger partial charge on any atom is 0.125 e. The lowest BCUT2D eigenvalue weighted by atomic mass is 10.1. The first kappa shape index (κ1) is 14.8. The number of thiazole rings is 1. The topological polar surface area (TPSA) is 60.2 Å². The van der Waals surface area contributed by atoms with Crippen molar-refractivity contribution in [1.82, 2.24) is 10.3 Å². The number of aromatic nitrogens is 1. The van der Waals surface area contributed by atoms with Crippen LogP contribution < -0.4 is 15.8 Å². The second-order valence-corrected chi connectivity index (χ2v) is 5.84. The number of aryl methyl sites for hydroxylation is 1. The third-order valence-electron chi connectivity index (χ3n) is 3.20. The summed E-state index contributed by atoms with van der Waals surface area (Å²) in [5, 5.41) is 4.60. The molecule has 0 radical (unpaired) electrons. The first-order valence-corrected chi connectivity index (χ1v) is 7.56. The van der Waals surface area contributed by atoms with Crippen LogP contribution in [0.3, 0.4) is 0 Å². The van der Waals surface area contributed by atoms with E-state index in [1.54, 1.807) is 18.4 Å². The number of benzene rings is 1. The summed E-state index contributed by atoms with van der Waals surface area (Å²) in [6.45, 7) is 5.00. The van der Waals surface area contributed by atoms with Gasteiger partial charge in [-0.15, -0.1) is 11.3 Å². The van der Waals surface area contributed by atoms with Crippen LogP contribution in [0.25, 0.3) is 0 Å². The minimum atomic E-state index is 0.225. The highest BCUT2D eigenvalue weighted by atomic mass is 32.1. The summed E-state index contributed by atoms with van der Waals surface area (Å²) in [5.41, 5.74) is 7.57. The number of anilines is 1. The molecule has 3 N–H and O–H groups in total. The number of methoxy groups -OCH3 is 1. The molecule has 0 aliphatic carbocycles. The summed E-state index contributed by atoms with van der Waals surface area (Å²) in [6, 6.07) is 5.96. The molecule has 0 aliphatic heterocycles. The van der Waals surface area contributed by atoms with Gasteiger partial charge in [0.1, 0.15) is 10.8 Å². The van der Waals surface area contributed by atoms with Gasteiger partial charge in [-0.1, -0.05) is 13.0 Å². The molecule has 20 heavy (non-hydrogen) atoms. The van der Waals surface area contributed by atoms with Crippen LogP contribution >= 0.6 is 11.3 Å². The minimum Gasteiger partial charge on any atom is -0.496 e. The quantitative estimate of drug-likeness (QED) is 0.803. The van der Waals surface area contributed by atoms with Gasteiger partial charge in [0, 0.05) is 34.9 Å². The number of ether oxygens (including phenoxy) is 1. The van der Waals surface area contributed by atoms with E-state index in [0.29, 0.717) is 5.69 Å². The molecule has 108 valence electrons. The molecule has 2 aromatic rings. The summed E-state index contributed by atoms with van der Waals surface area (Å²) in [7, 11) is 1.66. The van der Waals surface area contributed by atoms with Gasteiger partial charge in [-0.25, -0.2) is 4.98 Å². The Kier molecular flexibility index (Phi) is 4.98. The molecule has 1 heterocycles. The van der Waals surface area contributed by atoms with Crippen molar-refractivity contribution in [2.75, 3.05) is 12.8 Å². The highest BCUT2D eigenvalue weighted by Gasteiger charge is 2.11. The van der Waals surface area contributed by atoms with Crippen LogP contribution in [0.4, 0.5) is 5.69 Å². The first-order valence-electron chi connectivity index (χ1n) is 6.74. The fraction of sp³-hybridized carbons (Fsp3) is 0.400. The van der Waals surface area contributed by atoms with Crippen LogP contribution in [-0.2, 0) is 13.0 Å². The third-order valence-corrected chi connectivity index (χ3v) is 4.52. The van der Waals surface area contributed by atoms with Crippen LogP contribution in [-0.4, -0.2) is 12.1 Å². The Morgan fingerprint density at radius 2 is 2.25 bits per heavy atom. The molecular weight excluding hydrogens is 270 g/mol. The molecule has 1 unspecified atom stereocenters. The minimum absolute atomic E-state index is 0.225. The van der Waals surface area contributed by atoms with Gasteiger partial charge in [0.25, 0.3) is 0 Å². The lowest BCUT2D eigenvalue weighted by Gasteiger charge is -2.14. The van der Waals surface area contributed by atoms with Gasteiger partial charge < -0.3 is 15.8 Å².